The number of hydrogen-bond donors (Lipinski definition) is 1. The van der Waals surface area contributed by atoms with E-state index in [-0.39, 0.29) is 11.6 Å². The summed E-state index contributed by atoms with van der Waals surface area (Å²) in [4.78, 5) is 17.2. The molecule has 0 aliphatic heterocycles. The summed E-state index contributed by atoms with van der Waals surface area (Å²) >= 11 is 1.53. The minimum absolute atomic E-state index is 0.240. The van der Waals surface area contributed by atoms with Gasteiger partial charge in [-0.1, -0.05) is 12.1 Å². The van der Waals surface area contributed by atoms with Gasteiger partial charge in [0.2, 0.25) is 0 Å². The van der Waals surface area contributed by atoms with Gasteiger partial charge in [0.25, 0.3) is 5.91 Å². The molecule has 1 N–H and O–H groups in total. The number of aromatic nitrogens is 3. The number of halogens is 1. The zero-order chi connectivity index (χ0) is 15.5. The molecule has 0 aliphatic rings. The van der Waals surface area contributed by atoms with Crippen molar-refractivity contribution in [2.45, 2.75) is 13.5 Å². The van der Waals surface area contributed by atoms with Crippen LogP contribution < -0.4 is 5.32 Å². The van der Waals surface area contributed by atoms with Gasteiger partial charge in [-0.15, -0.1) is 11.3 Å². The third-order valence-corrected chi connectivity index (χ3v) is 3.93. The number of thiazole rings is 1. The molecule has 3 rings (SSSR count). The van der Waals surface area contributed by atoms with E-state index in [2.05, 4.69) is 15.4 Å². The number of carbonyl (C=O) groups is 1. The Balaban J connectivity index is 1.70. The molecule has 2 heterocycles. The van der Waals surface area contributed by atoms with E-state index in [4.69, 9.17) is 0 Å². The van der Waals surface area contributed by atoms with Crippen LogP contribution in [0.5, 0.6) is 0 Å². The van der Waals surface area contributed by atoms with Crippen LogP contribution in [0.25, 0.3) is 5.69 Å². The smallest absolute Gasteiger partial charge is 0.272 e. The van der Waals surface area contributed by atoms with Crippen LogP contribution in [0, 0.1) is 12.7 Å². The van der Waals surface area contributed by atoms with Crippen LogP contribution in [-0.2, 0) is 6.54 Å². The Bertz CT molecular complexity index is 811. The van der Waals surface area contributed by atoms with Gasteiger partial charge in [0.1, 0.15) is 11.5 Å². The molecule has 3 aromatic rings. The fourth-order valence-corrected chi connectivity index (χ4v) is 2.70. The number of nitrogens with zero attached hydrogens (tertiary/aromatic N) is 3. The summed E-state index contributed by atoms with van der Waals surface area (Å²) in [6.07, 6.45) is 3.29. The van der Waals surface area contributed by atoms with E-state index >= 15 is 0 Å². The monoisotopic (exact) mass is 316 g/mol. The lowest BCUT2D eigenvalue weighted by Gasteiger charge is -2.02. The highest BCUT2D eigenvalue weighted by Gasteiger charge is 2.12. The first-order chi connectivity index (χ1) is 10.6. The third-order valence-electron chi connectivity index (χ3n) is 3.01. The zero-order valence-corrected chi connectivity index (χ0v) is 12.6. The number of rotatable bonds is 4. The molecule has 0 saturated carbocycles. The number of aryl methyl sites for hydroxylation is 1. The van der Waals surface area contributed by atoms with Crippen LogP contribution in [0.2, 0.25) is 0 Å². The molecule has 0 unspecified atom stereocenters. The van der Waals surface area contributed by atoms with Crippen LogP contribution in [0.4, 0.5) is 4.39 Å². The molecular weight excluding hydrogens is 303 g/mol. The Kier molecular flexibility index (Phi) is 3.97. The van der Waals surface area contributed by atoms with E-state index in [9.17, 15) is 9.18 Å². The van der Waals surface area contributed by atoms with E-state index in [1.165, 1.54) is 22.1 Å². The van der Waals surface area contributed by atoms with E-state index < -0.39 is 5.82 Å². The zero-order valence-electron chi connectivity index (χ0n) is 11.8. The fourth-order valence-electron chi connectivity index (χ4n) is 1.96. The molecule has 0 atom stereocenters. The van der Waals surface area contributed by atoms with Crippen molar-refractivity contribution in [1.29, 1.82) is 0 Å². The maximum Gasteiger partial charge on any atom is 0.272 e. The first-order valence-electron chi connectivity index (χ1n) is 6.63. The van der Waals surface area contributed by atoms with Crippen molar-refractivity contribution in [3.63, 3.8) is 0 Å². The Labute approximate surface area is 130 Å². The molecule has 7 heteroatoms. The van der Waals surface area contributed by atoms with E-state index in [0.717, 1.165) is 9.88 Å². The molecule has 1 aromatic carbocycles. The van der Waals surface area contributed by atoms with Gasteiger partial charge in [-0.3, -0.25) is 4.79 Å². The maximum absolute atomic E-state index is 13.7. The minimum Gasteiger partial charge on any atom is -0.346 e. The topological polar surface area (TPSA) is 59.8 Å². The summed E-state index contributed by atoms with van der Waals surface area (Å²) < 4.78 is 15.0. The molecule has 5 nitrogen and oxygen atoms in total. The summed E-state index contributed by atoms with van der Waals surface area (Å²) in [6, 6.07) is 7.83. The van der Waals surface area contributed by atoms with Crippen LogP contribution in [0.15, 0.2) is 42.7 Å². The second kappa shape index (κ2) is 6.07. The maximum atomic E-state index is 13.7. The van der Waals surface area contributed by atoms with Crippen molar-refractivity contribution < 1.29 is 9.18 Å². The van der Waals surface area contributed by atoms with Gasteiger partial charge in [-0.2, -0.15) is 5.10 Å². The SMILES string of the molecule is Cc1ncc(CNC(=O)c2ccn(-c3ccccc3F)n2)s1. The molecule has 0 aliphatic carbocycles. The summed E-state index contributed by atoms with van der Waals surface area (Å²) in [5.41, 5.74) is 0.545. The van der Waals surface area contributed by atoms with E-state index in [1.807, 2.05) is 6.92 Å². The normalized spacial score (nSPS) is 10.6. The summed E-state index contributed by atoms with van der Waals surface area (Å²) in [5, 5.41) is 7.83. The van der Waals surface area contributed by atoms with Gasteiger partial charge >= 0.3 is 0 Å². The molecule has 2 aromatic heterocycles. The van der Waals surface area contributed by atoms with Crippen molar-refractivity contribution in [2.24, 2.45) is 0 Å². The lowest BCUT2D eigenvalue weighted by molar-refractivity contribution is 0.0946. The molecule has 112 valence electrons. The largest absolute Gasteiger partial charge is 0.346 e. The lowest BCUT2D eigenvalue weighted by Crippen LogP contribution is -2.23. The molecule has 22 heavy (non-hydrogen) atoms. The van der Waals surface area contributed by atoms with E-state index in [0.29, 0.717) is 12.2 Å². The average molecular weight is 316 g/mol. The van der Waals surface area contributed by atoms with Crippen LogP contribution in [0.1, 0.15) is 20.4 Å². The molecule has 0 radical (unpaired) electrons. The molecule has 0 bridgehead atoms. The summed E-state index contributed by atoms with van der Waals surface area (Å²) in [6.45, 7) is 2.31. The molecular formula is C15H13FN4OS. The fraction of sp³-hybridized carbons (Fsp3) is 0.133. The average Bonchev–Trinajstić information content (AvgIpc) is 3.14. The summed E-state index contributed by atoms with van der Waals surface area (Å²) in [5.74, 6) is -0.696. The molecule has 0 fully saturated rings. The number of para-hydroxylation sites is 1. The predicted octanol–water partition coefficient (Wildman–Crippen LogP) is 2.71. The van der Waals surface area contributed by atoms with Gasteiger partial charge in [-0.25, -0.2) is 14.1 Å². The first kappa shape index (κ1) is 14.4. The quantitative estimate of drug-likeness (QED) is 0.805. The first-order valence-corrected chi connectivity index (χ1v) is 7.45. The molecule has 1 amide bonds. The Morgan fingerprint density at radius 3 is 2.91 bits per heavy atom. The Morgan fingerprint density at radius 2 is 2.18 bits per heavy atom. The Morgan fingerprint density at radius 1 is 1.36 bits per heavy atom. The second-order valence-corrected chi connectivity index (χ2v) is 5.94. The van der Waals surface area contributed by atoms with Gasteiger partial charge < -0.3 is 5.32 Å². The van der Waals surface area contributed by atoms with Gasteiger partial charge in [-0.05, 0) is 25.1 Å². The second-order valence-electron chi connectivity index (χ2n) is 4.63. The van der Waals surface area contributed by atoms with Gasteiger partial charge in [0, 0.05) is 17.3 Å². The number of carbonyl (C=O) groups excluding carboxylic acids is 1. The highest BCUT2D eigenvalue weighted by Crippen LogP contribution is 2.13. The minimum atomic E-state index is -0.391. The van der Waals surface area contributed by atoms with Crippen molar-refractivity contribution in [3.05, 3.63) is 64.1 Å². The van der Waals surface area contributed by atoms with Crippen LogP contribution >= 0.6 is 11.3 Å². The third kappa shape index (κ3) is 3.04. The Hall–Kier alpha value is -2.54. The molecule has 0 saturated heterocycles. The van der Waals surface area contributed by atoms with Crippen LogP contribution in [-0.4, -0.2) is 20.7 Å². The van der Waals surface area contributed by atoms with Gasteiger partial charge in [0.15, 0.2) is 5.69 Å². The van der Waals surface area contributed by atoms with Crippen molar-refractivity contribution in [2.75, 3.05) is 0 Å². The number of benzene rings is 1. The van der Waals surface area contributed by atoms with Crippen molar-refractivity contribution >= 4 is 17.2 Å². The lowest BCUT2D eigenvalue weighted by atomic mass is 10.3. The number of hydrogen-bond acceptors (Lipinski definition) is 4. The van der Waals surface area contributed by atoms with Gasteiger partial charge in [0.05, 0.1) is 11.6 Å². The van der Waals surface area contributed by atoms with E-state index in [1.54, 1.807) is 36.7 Å². The number of amides is 1. The highest BCUT2D eigenvalue weighted by molar-refractivity contribution is 7.11. The number of nitrogens with one attached hydrogen (secondary N) is 1. The summed E-state index contributed by atoms with van der Waals surface area (Å²) in [7, 11) is 0. The van der Waals surface area contributed by atoms with Crippen molar-refractivity contribution in [3.8, 4) is 5.69 Å². The van der Waals surface area contributed by atoms with Crippen molar-refractivity contribution in [1.82, 2.24) is 20.1 Å². The van der Waals surface area contributed by atoms with Crippen LogP contribution in [0.3, 0.4) is 0 Å². The highest BCUT2D eigenvalue weighted by atomic mass is 32.1. The standard InChI is InChI=1S/C15H13FN4OS/c1-10-17-8-11(22-10)9-18-15(21)13-6-7-20(19-13)14-5-3-2-4-12(14)16/h2-8H,9H2,1H3,(H,18,21). The predicted molar refractivity (Wildman–Crippen MR) is 81.5 cm³/mol. The molecule has 0 spiro atoms.